The molecule has 0 saturated heterocycles. The van der Waals surface area contributed by atoms with Crippen molar-refractivity contribution in [2.75, 3.05) is 0 Å². The highest BCUT2D eigenvalue weighted by Gasteiger charge is 2.35. The van der Waals surface area contributed by atoms with Gasteiger partial charge in [-0.25, -0.2) is 8.42 Å². The number of amides is 1. The molecule has 1 amide bonds. The van der Waals surface area contributed by atoms with E-state index in [1.165, 1.54) is 24.3 Å². The Balaban J connectivity index is 3.11. The first kappa shape index (κ1) is 17.1. The van der Waals surface area contributed by atoms with Gasteiger partial charge < -0.3 is 10.8 Å². The van der Waals surface area contributed by atoms with Crippen LogP contribution in [0.25, 0.3) is 0 Å². The maximum absolute atomic E-state index is 12.2. The van der Waals surface area contributed by atoms with Crippen molar-refractivity contribution in [2.45, 2.75) is 31.7 Å². The summed E-state index contributed by atoms with van der Waals surface area (Å²) in [5, 5.41) is 9.15. The predicted octanol–water partition coefficient (Wildman–Crippen LogP) is 0.563. The van der Waals surface area contributed by atoms with Gasteiger partial charge >= 0.3 is 5.97 Å². The quantitative estimate of drug-likeness (QED) is 0.732. The molecule has 1 rings (SSSR count). The summed E-state index contributed by atoms with van der Waals surface area (Å²) in [6.45, 7) is 4.85. The van der Waals surface area contributed by atoms with Crippen molar-refractivity contribution in [3.63, 3.8) is 0 Å². The topological polar surface area (TPSA) is 127 Å². The van der Waals surface area contributed by atoms with E-state index in [0.29, 0.717) is 0 Å². The molecule has 0 unspecified atom stereocenters. The summed E-state index contributed by atoms with van der Waals surface area (Å²) in [6.07, 6.45) is 0. The van der Waals surface area contributed by atoms with Gasteiger partial charge in [0.1, 0.15) is 6.04 Å². The molecule has 0 heterocycles. The lowest BCUT2D eigenvalue weighted by molar-refractivity contribution is -0.141. The second kappa shape index (κ2) is 5.82. The molecule has 21 heavy (non-hydrogen) atoms. The molecule has 0 aliphatic heterocycles. The van der Waals surface area contributed by atoms with Crippen molar-refractivity contribution >= 4 is 21.9 Å². The molecule has 0 fully saturated rings. The van der Waals surface area contributed by atoms with Crippen molar-refractivity contribution in [1.82, 2.24) is 4.72 Å². The lowest BCUT2D eigenvalue weighted by atomic mass is 9.88. The van der Waals surface area contributed by atoms with Crippen LogP contribution in [0.4, 0.5) is 0 Å². The SMILES string of the molecule is CC(C)(C)[C@H](NS(=O)(=O)c1ccc(C(N)=O)cc1)C(=O)O. The standard InChI is InChI=1S/C13H18N2O5S/c1-13(2,3)10(12(17)18)15-21(19,20)9-6-4-8(5-7-9)11(14)16/h4-7,10,15H,1-3H3,(H2,14,16)(H,17,18)/t10-/m1/s1. The minimum atomic E-state index is -4.01. The first-order chi connectivity index (χ1) is 9.45. The van der Waals surface area contributed by atoms with E-state index in [-0.39, 0.29) is 10.5 Å². The van der Waals surface area contributed by atoms with Crippen LogP contribution in [0.1, 0.15) is 31.1 Å². The minimum Gasteiger partial charge on any atom is -0.480 e. The van der Waals surface area contributed by atoms with E-state index in [4.69, 9.17) is 10.8 Å². The van der Waals surface area contributed by atoms with Gasteiger partial charge in [0, 0.05) is 5.56 Å². The highest BCUT2D eigenvalue weighted by Crippen LogP contribution is 2.22. The third-order valence-corrected chi connectivity index (χ3v) is 4.27. The summed E-state index contributed by atoms with van der Waals surface area (Å²) in [4.78, 5) is 22.0. The number of aliphatic carboxylic acids is 1. The number of sulfonamides is 1. The Labute approximate surface area is 123 Å². The number of hydrogen-bond acceptors (Lipinski definition) is 4. The first-order valence-electron chi connectivity index (χ1n) is 6.10. The summed E-state index contributed by atoms with van der Waals surface area (Å²) in [6, 6.07) is 3.65. The third kappa shape index (κ3) is 4.27. The van der Waals surface area contributed by atoms with Gasteiger partial charge in [-0.05, 0) is 29.7 Å². The second-order valence-corrected chi connectivity index (χ2v) is 7.36. The molecule has 0 aromatic heterocycles. The molecule has 1 atom stereocenters. The number of hydrogen-bond donors (Lipinski definition) is 3. The Bertz CT molecular complexity index is 644. The van der Waals surface area contributed by atoms with E-state index in [1.54, 1.807) is 20.8 Å². The van der Waals surface area contributed by atoms with Crippen LogP contribution in [0.5, 0.6) is 0 Å². The molecular weight excluding hydrogens is 296 g/mol. The lowest BCUT2D eigenvalue weighted by Gasteiger charge is -2.27. The normalized spacial score (nSPS) is 13.7. The summed E-state index contributed by atoms with van der Waals surface area (Å²) in [5.41, 5.74) is 4.44. The Morgan fingerprint density at radius 1 is 1.19 bits per heavy atom. The van der Waals surface area contributed by atoms with E-state index in [9.17, 15) is 18.0 Å². The van der Waals surface area contributed by atoms with E-state index in [0.717, 1.165) is 0 Å². The van der Waals surface area contributed by atoms with Crippen LogP contribution >= 0.6 is 0 Å². The molecule has 0 radical (unpaired) electrons. The van der Waals surface area contributed by atoms with Gasteiger partial charge in [0.2, 0.25) is 15.9 Å². The van der Waals surface area contributed by atoms with Gasteiger partial charge in [-0.1, -0.05) is 20.8 Å². The number of carbonyl (C=O) groups excluding carboxylic acids is 1. The fraction of sp³-hybridized carbons (Fsp3) is 0.385. The van der Waals surface area contributed by atoms with E-state index < -0.39 is 33.4 Å². The maximum atomic E-state index is 12.2. The molecule has 116 valence electrons. The highest BCUT2D eigenvalue weighted by atomic mass is 32.2. The van der Waals surface area contributed by atoms with Crippen LogP contribution in [-0.4, -0.2) is 31.4 Å². The number of carboxylic acid groups (broad SMARTS) is 1. The smallest absolute Gasteiger partial charge is 0.322 e. The number of carbonyl (C=O) groups is 2. The Hall–Kier alpha value is -1.93. The van der Waals surface area contributed by atoms with Crippen molar-refractivity contribution in [1.29, 1.82) is 0 Å². The summed E-state index contributed by atoms with van der Waals surface area (Å²) in [5.74, 6) is -1.94. The average molecular weight is 314 g/mol. The Morgan fingerprint density at radius 3 is 2.00 bits per heavy atom. The van der Waals surface area contributed by atoms with Crippen molar-refractivity contribution in [3.05, 3.63) is 29.8 Å². The Morgan fingerprint density at radius 2 is 1.67 bits per heavy atom. The molecule has 8 heteroatoms. The Kier molecular flexibility index (Phi) is 4.75. The van der Waals surface area contributed by atoms with Crippen LogP contribution in [0.2, 0.25) is 0 Å². The van der Waals surface area contributed by atoms with E-state index in [1.807, 2.05) is 0 Å². The van der Waals surface area contributed by atoms with Crippen molar-refractivity contribution < 1.29 is 23.1 Å². The molecule has 0 aliphatic rings. The van der Waals surface area contributed by atoms with Crippen molar-refractivity contribution in [3.8, 4) is 0 Å². The van der Waals surface area contributed by atoms with Gasteiger partial charge in [-0.3, -0.25) is 9.59 Å². The molecule has 4 N–H and O–H groups in total. The van der Waals surface area contributed by atoms with Crippen LogP contribution in [0, 0.1) is 5.41 Å². The minimum absolute atomic E-state index is 0.136. The number of nitrogens with one attached hydrogen (secondary N) is 1. The monoisotopic (exact) mass is 314 g/mol. The van der Waals surface area contributed by atoms with Crippen LogP contribution in [-0.2, 0) is 14.8 Å². The molecule has 7 nitrogen and oxygen atoms in total. The zero-order valence-electron chi connectivity index (χ0n) is 12.0. The zero-order valence-corrected chi connectivity index (χ0v) is 12.8. The predicted molar refractivity (Wildman–Crippen MR) is 76.2 cm³/mol. The summed E-state index contributed by atoms with van der Waals surface area (Å²) >= 11 is 0. The van der Waals surface area contributed by atoms with E-state index in [2.05, 4.69) is 4.72 Å². The number of carboxylic acids is 1. The first-order valence-corrected chi connectivity index (χ1v) is 7.58. The molecule has 0 aliphatic carbocycles. The van der Waals surface area contributed by atoms with Crippen molar-refractivity contribution in [2.24, 2.45) is 11.1 Å². The molecule has 1 aromatic rings. The molecule has 1 aromatic carbocycles. The molecule has 0 bridgehead atoms. The average Bonchev–Trinajstić information content (AvgIpc) is 2.34. The molecule has 0 spiro atoms. The van der Waals surface area contributed by atoms with Crippen LogP contribution in [0.3, 0.4) is 0 Å². The van der Waals surface area contributed by atoms with Crippen LogP contribution < -0.4 is 10.5 Å². The number of nitrogens with two attached hydrogens (primary N) is 1. The molecular formula is C13H18N2O5S. The second-order valence-electron chi connectivity index (χ2n) is 5.65. The van der Waals surface area contributed by atoms with Gasteiger partial charge in [0.25, 0.3) is 0 Å². The maximum Gasteiger partial charge on any atom is 0.322 e. The third-order valence-electron chi connectivity index (χ3n) is 2.84. The fourth-order valence-corrected chi connectivity index (χ4v) is 3.01. The number of primary amides is 1. The lowest BCUT2D eigenvalue weighted by Crippen LogP contribution is -2.48. The highest BCUT2D eigenvalue weighted by molar-refractivity contribution is 7.89. The van der Waals surface area contributed by atoms with Gasteiger partial charge in [0.05, 0.1) is 4.90 Å². The zero-order chi connectivity index (χ0) is 16.4. The largest absolute Gasteiger partial charge is 0.480 e. The molecule has 0 saturated carbocycles. The van der Waals surface area contributed by atoms with E-state index >= 15 is 0 Å². The fourth-order valence-electron chi connectivity index (χ4n) is 1.62. The number of benzene rings is 1. The van der Waals surface area contributed by atoms with Gasteiger partial charge in [0.15, 0.2) is 0 Å². The van der Waals surface area contributed by atoms with Gasteiger partial charge in [-0.15, -0.1) is 0 Å². The summed E-state index contributed by atoms with van der Waals surface area (Å²) in [7, 11) is -4.01. The van der Waals surface area contributed by atoms with Gasteiger partial charge in [-0.2, -0.15) is 4.72 Å². The number of rotatable bonds is 5. The summed E-state index contributed by atoms with van der Waals surface area (Å²) < 4.78 is 26.5. The van der Waals surface area contributed by atoms with Crippen LogP contribution in [0.15, 0.2) is 29.2 Å².